The fourth-order valence-corrected chi connectivity index (χ4v) is 4.82. The van der Waals surface area contributed by atoms with E-state index in [1.807, 2.05) is 54.6 Å². The number of carbonyl (C=O) groups excluding carboxylic acids is 1. The van der Waals surface area contributed by atoms with Crippen LogP contribution < -0.4 is 5.32 Å². The number of nitrogens with zero attached hydrogens (tertiary/aromatic N) is 1. The highest BCUT2D eigenvalue weighted by Crippen LogP contribution is 2.31. The molecule has 6 aromatic rings. The Bertz CT molecular complexity index is 1820. The summed E-state index contributed by atoms with van der Waals surface area (Å²) >= 11 is 0. The van der Waals surface area contributed by atoms with Crippen molar-refractivity contribution < 1.29 is 19.2 Å². The quantitative estimate of drug-likeness (QED) is 0.244. The molecule has 0 aliphatic carbocycles. The number of rotatable bonds is 7. The number of hydrogen-bond acceptors (Lipinski definition) is 4. The Morgan fingerprint density at radius 1 is 0.744 bits per heavy atom. The molecule has 190 valence electrons. The van der Waals surface area contributed by atoms with Gasteiger partial charge in [-0.2, -0.15) is 0 Å². The minimum absolute atomic E-state index is 0.199. The maximum Gasteiger partial charge on any atom is 0.335 e. The molecule has 0 fully saturated rings. The van der Waals surface area contributed by atoms with Crippen LogP contribution in [0.25, 0.3) is 32.9 Å². The van der Waals surface area contributed by atoms with Crippen LogP contribution in [-0.2, 0) is 13.0 Å². The van der Waals surface area contributed by atoms with Crippen molar-refractivity contribution in [1.82, 2.24) is 10.5 Å². The van der Waals surface area contributed by atoms with Crippen molar-refractivity contribution in [3.8, 4) is 11.1 Å². The molecule has 39 heavy (non-hydrogen) atoms. The molecule has 0 spiro atoms. The zero-order chi connectivity index (χ0) is 26.8. The van der Waals surface area contributed by atoms with Gasteiger partial charge in [0.05, 0.1) is 22.2 Å². The topological polar surface area (TPSA) is 92.4 Å². The van der Waals surface area contributed by atoms with Crippen molar-refractivity contribution in [2.24, 2.45) is 0 Å². The summed E-state index contributed by atoms with van der Waals surface area (Å²) in [5.74, 6) is -1.25. The van der Waals surface area contributed by atoms with E-state index < -0.39 is 5.97 Å². The van der Waals surface area contributed by atoms with Gasteiger partial charge in [-0.1, -0.05) is 90.1 Å². The van der Waals surface area contributed by atoms with Crippen LogP contribution in [0.5, 0.6) is 0 Å². The largest absolute Gasteiger partial charge is 0.478 e. The van der Waals surface area contributed by atoms with E-state index in [9.17, 15) is 9.59 Å². The molecule has 1 aromatic heterocycles. The normalized spacial score (nSPS) is 11.1. The zero-order valence-corrected chi connectivity index (χ0v) is 20.9. The number of aromatic carboxylic acids is 1. The van der Waals surface area contributed by atoms with Crippen molar-refractivity contribution in [3.63, 3.8) is 0 Å². The summed E-state index contributed by atoms with van der Waals surface area (Å²) in [6.07, 6.45) is 0.513. The highest BCUT2D eigenvalue weighted by molar-refractivity contribution is 6.08. The average molecular weight is 513 g/mol. The molecule has 6 nitrogen and oxygen atoms in total. The maximum atomic E-state index is 13.6. The van der Waals surface area contributed by atoms with Gasteiger partial charge in [-0.05, 0) is 57.3 Å². The molecule has 2 N–H and O–H groups in total. The lowest BCUT2D eigenvalue weighted by molar-refractivity contribution is 0.0696. The SMILES string of the molecule is O=C(O)c1ccc(CNC(=O)c2cc(-c3ccccc3)cc3onc(Cc4ccc5ccccc5c4)c23)cc1. The number of hydrogen-bond donors (Lipinski definition) is 2. The number of carboxylic acid groups (broad SMARTS) is 1. The van der Waals surface area contributed by atoms with Crippen molar-refractivity contribution in [3.05, 3.63) is 137 Å². The molecule has 0 unspecified atom stereocenters. The fraction of sp³-hybridized carbons (Fsp3) is 0.0606. The molecule has 0 aliphatic rings. The second-order valence-corrected chi connectivity index (χ2v) is 9.44. The van der Waals surface area contributed by atoms with E-state index in [1.54, 1.807) is 12.1 Å². The fourth-order valence-electron chi connectivity index (χ4n) is 4.82. The van der Waals surface area contributed by atoms with Gasteiger partial charge in [0.1, 0.15) is 0 Å². The van der Waals surface area contributed by atoms with Gasteiger partial charge in [0.2, 0.25) is 0 Å². The number of carboxylic acids is 1. The van der Waals surface area contributed by atoms with Crippen LogP contribution in [-0.4, -0.2) is 22.1 Å². The third kappa shape index (κ3) is 5.00. The van der Waals surface area contributed by atoms with Crippen molar-refractivity contribution in [2.45, 2.75) is 13.0 Å². The Hall–Kier alpha value is -5.23. The van der Waals surface area contributed by atoms with Crippen LogP contribution in [0, 0.1) is 0 Å². The van der Waals surface area contributed by atoms with Gasteiger partial charge in [0.15, 0.2) is 5.58 Å². The molecule has 6 heteroatoms. The van der Waals surface area contributed by atoms with Crippen LogP contribution in [0.2, 0.25) is 0 Å². The monoisotopic (exact) mass is 512 g/mol. The summed E-state index contributed by atoms with van der Waals surface area (Å²) in [5.41, 5.74) is 5.60. The van der Waals surface area contributed by atoms with Gasteiger partial charge in [0.25, 0.3) is 5.91 Å². The first-order valence-electron chi connectivity index (χ1n) is 12.6. The molecule has 6 rings (SSSR count). The molecule has 0 saturated heterocycles. The number of benzene rings is 5. The van der Waals surface area contributed by atoms with Crippen LogP contribution in [0.4, 0.5) is 0 Å². The van der Waals surface area contributed by atoms with Crippen molar-refractivity contribution >= 4 is 33.6 Å². The third-order valence-electron chi connectivity index (χ3n) is 6.84. The molecule has 0 saturated carbocycles. The predicted molar refractivity (Wildman–Crippen MR) is 151 cm³/mol. The molecule has 0 bridgehead atoms. The van der Waals surface area contributed by atoms with Gasteiger partial charge in [-0.3, -0.25) is 4.79 Å². The van der Waals surface area contributed by atoms with Gasteiger partial charge in [-0.15, -0.1) is 0 Å². The Kier molecular flexibility index (Phi) is 6.35. The van der Waals surface area contributed by atoms with E-state index in [0.717, 1.165) is 33.0 Å². The number of amides is 1. The smallest absolute Gasteiger partial charge is 0.335 e. The third-order valence-corrected chi connectivity index (χ3v) is 6.84. The minimum atomic E-state index is -0.989. The molecular weight excluding hydrogens is 488 g/mol. The zero-order valence-electron chi connectivity index (χ0n) is 20.9. The van der Waals surface area contributed by atoms with Crippen molar-refractivity contribution in [2.75, 3.05) is 0 Å². The Balaban J connectivity index is 1.36. The van der Waals surface area contributed by atoms with E-state index in [-0.39, 0.29) is 18.0 Å². The molecule has 0 atom stereocenters. The van der Waals surface area contributed by atoms with E-state index >= 15 is 0 Å². The van der Waals surface area contributed by atoms with Crippen LogP contribution in [0.15, 0.2) is 114 Å². The summed E-state index contributed by atoms with van der Waals surface area (Å²) in [4.78, 5) is 24.7. The predicted octanol–water partition coefficient (Wildman–Crippen LogP) is 6.87. The number of carbonyl (C=O) groups is 2. The molecule has 1 heterocycles. The van der Waals surface area contributed by atoms with E-state index in [0.29, 0.717) is 28.6 Å². The molecule has 0 radical (unpaired) electrons. The van der Waals surface area contributed by atoms with E-state index in [1.165, 1.54) is 12.1 Å². The summed E-state index contributed by atoms with van der Waals surface area (Å²) in [5, 5.41) is 19.5. The summed E-state index contributed by atoms with van der Waals surface area (Å²) in [6, 6.07) is 34.5. The molecule has 5 aromatic carbocycles. The second-order valence-electron chi connectivity index (χ2n) is 9.44. The van der Waals surface area contributed by atoms with E-state index in [2.05, 4.69) is 40.8 Å². The first kappa shape index (κ1) is 24.1. The van der Waals surface area contributed by atoms with Crippen LogP contribution in [0.1, 0.15) is 37.5 Å². The summed E-state index contributed by atoms with van der Waals surface area (Å²) in [7, 11) is 0. The summed E-state index contributed by atoms with van der Waals surface area (Å²) in [6.45, 7) is 0.251. The van der Waals surface area contributed by atoms with Gasteiger partial charge in [-0.25, -0.2) is 4.79 Å². The van der Waals surface area contributed by atoms with Crippen molar-refractivity contribution in [1.29, 1.82) is 0 Å². The first-order valence-corrected chi connectivity index (χ1v) is 12.6. The van der Waals surface area contributed by atoms with Gasteiger partial charge >= 0.3 is 5.97 Å². The molecular formula is C33H24N2O4. The molecule has 1 amide bonds. The average Bonchev–Trinajstić information content (AvgIpc) is 3.38. The standard InChI is InChI=1S/C33H24N2O4/c36-32(34-20-21-10-14-25(15-11-21)33(37)38)28-18-27(23-6-2-1-3-7-23)19-30-31(28)29(35-39-30)17-22-12-13-24-8-4-5-9-26(24)16-22/h1-16,18-19H,17,20H2,(H,34,36)(H,37,38). The highest BCUT2D eigenvalue weighted by atomic mass is 16.5. The lowest BCUT2D eigenvalue weighted by Gasteiger charge is -2.10. The number of fused-ring (bicyclic) bond motifs is 2. The Labute approximate surface area is 224 Å². The Morgan fingerprint density at radius 2 is 1.46 bits per heavy atom. The van der Waals surface area contributed by atoms with Gasteiger partial charge in [0, 0.05) is 13.0 Å². The van der Waals surface area contributed by atoms with Crippen LogP contribution in [0.3, 0.4) is 0 Å². The minimum Gasteiger partial charge on any atom is -0.478 e. The lowest BCUT2D eigenvalue weighted by Crippen LogP contribution is -2.23. The summed E-state index contributed by atoms with van der Waals surface area (Å²) < 4.78 is 5.77. The van der Waals surface area contributed by atoms with Crippen LogP contribution >= 0.6 is 0 Å². The molecule has 0 aliphatic heterocycles. The van der Waals surface area contributed by atoms with E-state index in [4.69, 9.17) is 9.63 Å². The highest BCUT2D eigenvalue weighted by Gasteiger charge is 2.20. The Morgan fingerprint density at radius 3 is 2.23 bits per heavy atom. The number of nitrogens with one attached hydrogen (secondary N) is 1. The second kappa shape index (κ2) is 10.3. The maximum absolute atomic E-state index is 13.6. The van der Waals surface area contributed by atoms with Gasteiger partial charge < -0.3 is 14.9 Å². The number of aromatic nitrogens is 1. The first-order chi connectivity index (χ1) is 19.0. The lowest BCUT2D eigenvalue weighted by atomic mass is 9.96.